The lowest BCUT2D eigenvalue weighted by molar-refractivity contribution is 0.533. The van der Waals surface area contributed by atoms with Gasteiger partial charge in [0, 0.05) is 18.8 Å². The number of nitrogens with two attached hydrogens (primary N) is 1. The second-order valence-corrected chi connectivity index (χ2v) is 6.22. The van der Waals surface area contributed by atoms with Gasteiger partial charge in [-0.05, 0) is 43.7 Å². The van der Waals surface area contributed by atoms with Crippen LogP contribution in [-0.4, -0.2) is 18.1 Å². The molecule has 108 valence electrons. The number of aryl methyl sites for hydroxylation is 1. The molecule has 0 aliphatic rings. The first-order valence-corrected chi connectivity index (χ1v) is 7.38. The highest BCUT2D eigenvalue weighted by Crippen LogP contribution is 2.22. The lowest BCUT2D eigenvalue weighted by atomic mass is 10.1. The molecular weight excluding hydrogens is 234 g/mol. The van der Waals surface area contributed by atoms with Gasteiger partial charge in [-0.3, -0.25) is 0 Å². The van der Waals surface area contributed by atoms with E-state index in [1.165, 1.54) is 12.8 Å². The Morgan fingerprint density at radius 1 is 1.05 bits per heavy atom. The maximum absolute atomic E-state index is 6.10. The highest BCUT2D eigenvalue weighted by molar-refractivity contribution is 5.62. The van der Waals surface area contributed by atoms with Crippen molar-refractivity contribution in [3.8, 4) is 0 Å². The Kier molecular flexibility index (Phi) is 6.13. The van der Waals surface area contributed by atoms with Gasteiger partial charge < -0.3 is 10.6 Å². The average Bonchev–Trinajstić information content (AvgIpc) is 2.32. The zero-order chi connectivity index (χ0) is 14.4. The molecule has 0 unspecified atom stereocenters. The van der Waals surface area contributed by atoms with E-state index in [1.54, 1.807) is 0 Å². The highest BCUT2D eigenvalue weighted by Gasteiger charge is 2.13. The van der Waals surface area contributed by atoms with Crippen LogP contribution in [0.3, 0.4) is 0 Å². The molecule has 1 rings (SSSR count). The van der Waals surface area contributed by atoms with E-state index >= 15 is 0 Å². The Morgan fingerprint density at radius 3 is 2.05 bits per heavy atom. The fourth-order valence-electron chi connectivity index (χ4n) is 1.96. The van der Waals surface area contributed by atoms with Crippen molar-refractivity contribution in [2.24, 2.45) is 11.8 Å². The van der Waals surface area contributed by atoms with Crippen LogP contribution in [0, 0.1) is 18.8 Å². The summed E-state index contributed by atoms with van der Waals surface area (Å²) in [6.45, 7) is 13.1. The minimum atomic E-state index is 0.701. The second kappa shape index (κ2) is 7.37. The Hall–Kier alpha value is -1.25. The van der Waals surface area contributed by atoms with Crippen molar-refractivity contribution in [1.29, 1.82) is 0 Å². The number of rotatable bonds is 7. The normalized spacial score (nSPS) is 11.3. The summed E-state index contributed by atoms with van der Waals surface area (Å²) in [6.07, 6.45) is 2.35. The van der Waals surface area contributed by atoms with Gasteiger partial charge in [-0.25, -0.2) is 4.98 Å². The summed E-state index contributed by atoms with van der Waals surface area (Å²) < 4.78 is 0. The predicted molar refractivity (Wildman–Crippen MR) is 84.5 cm³/mol. The number of anilines is 2. The van der Waals surface area contributed by atoms with Crippen LogP contribution in [0.2, 0.25) is 0 Å². The zero-order valence-corrected chi connectivity index (χ0v) is 13.1. The van der Waals surface area contributed by atoms with Crippen LogP contribution in [-0.2, 0) is 0 Å². The van der Waals surface area contributed by atoms with Gasteiger partial charge in [-0.1, -0.05) is 27.7 Å². The highest BCUT2D eigenvalue weighted by atomic mass is 15.2. The number of aromatic nitrogens is 1. The predicted octanol–water partition coefficient (Wildman–Crippen LogP) is 3.87. The number of hydrogen-bond donors (Lipinski definition) is 1. The maximum atomic E-state index is 6.10. The molecule has 1 heterocycles. The first-order chi connectivity index (χ1) is 8.90. The Balaban J connectivity index is 2.83. The van der Waals surface area contributed by atoms with Crippen LogP contribution in [0.4, 0.5) is 11.5 Å². The summed E-state index contributed by atoms with van der Waals surface area (Å²) >= 11 is 0. The third kappa shape index (κ3) is 5.50. The molecular formula is C16H29N3. The molecule has 2 N–H and O–H groups in total. The molecule has 0 saturated heterocycles. The van der Waals surface area contributed by atoms with Crippen LogP contribution >= 0.6 is 0 Å². The molecule has 0 aliphatic heterocycles. The summed E-state index contributed by atoms with van der Waals surface area (Å²) in [5.74, 6) is 2.36. The van der Waals surface area contributed by atoms with Crippen LogP contribution in [0.5, 0.6) is 0 Å². The molecule has 3 nitrogen and oxygen atoms in total. The topological polar surface area (TPSA) is 42.1 Å². The van der Waals surface area contributed by atoms with Crippen LogP contribution in [0.1, 0.15) is 46.2 Å². The largest absolute Gasteiger partial charge is 0.396 e. The average molecular weight is 263 g/mol. The maximum Gasteiger partial charge on any atom is 0.152 e. The van der Waals surface area contributed by atoms with Crippen molar-refractivity contribution in [2.75, 3.05) is 23.7 Å². The minimum Gasteiger partial charge on any atom is -0.396 e. The van der Waals surface area contributed by atoms with E-state index in [1.807, 2.05) is 19.1 Å². The van der Waals surface area contributed by atoms with Crippen molar-refractivity contribution in [2.45, 2.75) is 47.5 Å². The molecule has 0 radical (unpaired) electrons. The third-order valence-corrected chi connectivity index (χ3v) is 3.30. The summed E-state index contributed by atoms with van der Waals surface area (Å²) in [6, 6.07) is 3.94. The van der Waals surface area contributed by atoms with Gasteiger partial charge >= 0.3 is 0 Å². The first kappa shape index (κ1) is 15.8. The molecule has 1 aromatic rings. The van der Waals surface area contributed by atoms with Crippen LogP contribution in [0.15, 0.2) is 12.1 Å². The van der Waals surface area contributed by atoms with Crippen molar-refractivity contribution in [3.63, 3.8) is 0 Å². The monoisotopic (exact) mass is 263 g/mol. The van der Waals surface area contributed by atoms with E-state index in [9.17, 15) is 0 Å². The van der Waals surface area contributed by atoms with Gasteiger partial charge in [-0.15, -0.1) is 0 Å². The lowest BCUT2D eigenvalue weighted by Crippen LogP contribution is -2.29. The Morgan fingerprint density at radius 2 is 1.58 bits per heavy atom. The van der Waals surface area contributed by atoms with Crippen LogP contribution < -0.4 is 10.6 Å². The second-order valence-electron chi connectivity index (χ2n) is 6.22. The van der Waals surface area contributed by atoms with Crippen molar-refractivity contribution in [3.05, 3.63) is 17.8 Å². The summed E-state index contributed by atoms with van der Waals surface area (Å²) in [5, 5.41) is 0. The fourth-order valence-corrected chi connectivity index (χ4v) is 1.96. The molecule has 0 atom stereocenters. The molecule has 0 spiro atoms. The van der Waals surface area contributed by atoms with Gasteiger partial charge in [0.1, 0.15) is 0 Å². The molecule has 1 aromatic heterocycles. The minimum absolute atomic E-state index is 0.701. The van der Waals surface area contributed by atoms with Crippen LogP contribution in [0.25, 0.3) is 0 Å². The smallest absolute Gasteiger partial charge is 0.152 e. The van der Waals surface area contributed by atoms with E-state index < -0.39 is 0 Å². The van der Waals surface area contributed by atoms with E-state index in [0.717, 1.165) is 30.3 Å². The van der Waals surface area contributed by atoms with Gasteiger partial charge in [0.05, 0.1) is 5.69 Å². The van der Waals surface area contributed by atoms with Gasteiger partial charge in [0.2, 0.25) is 0 Å². The molecule has 19 heavy (non-hydrogen) atoms. The molecule has 0 amide bonds. The van der Waals surface area contributed by atoms with Crippen molar-refractivity contribution in [1.82, 2.24) is 4.98 Å². The van der Waals surface area contributed by atoms with E-state index in [2.05, 4.69) is 37.6 Å². The van der Waals surface area contributed by atoms with Crippen molar-refractivity contribution >= 4 is 11.5 Å². The van der Waals surface area contributed by atoms with Gasteiger partial charge in [0.15, 0.2) is 5.82 Å². The summed E-state index contributed by atoms with van der Waals surface area (Å²) in [5.41, 5.74) is 7.92. The molecule has 0 aliphatic carbocycles. The molecule has 0 saturated carbocycles. The molecule has 0 aromatic carbocycles. The summed E-state index contributed by atoms with van der Waals surface area (Å²) in [7, 11) is 0. The summed E-state index contributed by atoms with van der Waals surface area (Å²) in [4.78, 5) is 6.98. The zero-order valence-electron chi connectivity index (χ0n) is 13.1. The third-order valence-electron chi connectivity index (χ3n) is 3.30. The SMILES string of the molecule is Cc1ccc(N)c(N(CCC(C)C)CCC(C)C)n1. The lowest BCUT2D eigenvalue weighted by Gasteiger charge is -2.27. The standard InChI is InChI=1S/C16H29N3/c1-12(2)8-10-19(11-9-13(3)4)16-15(17)7-6-14(5)18-16/h6-7,12-13H,8-11,17H2,1-5H3. The quantitative estimate of drug-likeness (QED) is 0.812. The van der Waals surface area contributed by atoms with Gasteiger partial charge in [-0.2, -0.15) is 0 Å². The number of nitrogen functional groups attached to an aromatic ring is 1. The van der Waals surface area contributed by atoms with Gasteiger partial charge in [0.25, 0.3) is 0 Å². The number of hydrogen-bond acceptors (Lipinski definition) is 3. The Labute approximate surface area is 118 Å². The number of nitrogens with zero attached hydrogens (tertiary/aromatic N) is 2. The van der Waals surface area contributed by atoms with E-state index in [-0.39, 0.29) is 0 Å². The van der Waals surface area contributed by atoms with E-state index in [4.69, 9.17) is 5.73 Å². The Bertz CT molecular complexity index is 374. The molecule has 0 fully saturated rings. The fraction of sp³-hybridized carbons (Fsp3) is 0.688. The number of pyridine rings is 1. The molecule has 0 bridgehead atoms. The van der Waals surface area contributed by atoms with Crippen molar-refractivity contribution < 1.29 is 0 Å². The molecule has 3 heteroatoms. The van der Waals surface area contributed by atoms with E-state index in [0.29, 0.717) is 11.8 Å². The first-order valence-electron chi connectivity index (χ1n) is 7.38.